The second-order valence-electron chi connectivity index (χ2n) is 3.77. The van der Waals surface area contributed by atoms with Crippen LogP contribution in [0.2, 0.25) is 0 Å². The van der Waals surface area contributed by atoms with Crippen LogP contribution in [0.25, 0.3) is 0 Å². The van der Waals surface area contributed by atoms with Gasteiger partial charge in [0.05, 0.1) is 4.90 Å². The highest BCUT2D eigenvalue weighted by Crippen LogP contribution is 2.20. The molecule has 82 valence electrons. The van der Waals surface area contributed by atoms with E-state index in [2.05, 4.69) is 13.5 Å². The first-order valence-electron chi connectivity index (χ1n) is 4.86. The highest BCUT2D eigenvalue weighted by molar-refractivity contribution is 7.90. The number of sulfone groups is 1. The zero-order chi connectivity index (χ0) is 11.5. The lowest BCUT2D eigenvalue weighted by atomic mass is 9.98. The summed E-state index contributed by atoms with van der Waals surface area (Å²) in [5.74, 6) is 0.385. The second-order valence-corrected chi connectivity index (χ2v) is 5.78. The van der Waals surface area contributed by atoms with E-state index in [-0.39, 0.29) is 0 Å². The van der Waals surface area contributed by atoms with Crippen molar-refractivity contribution >= 4 is 9.84 Å². The highest BCUT2D eigenvalue weighted by atomic mass is 32.2. The first kappa shape index (κ1) is 12.0. The summed E-state index contributed by atoms with van der Waals surface area (Å²) in [6.45, 7) is 5.78. The van der Waals surface area contributed by atoms with Gasteiger partial charge in [-0.25, -0.2) is 8.42 Å². The molecule has 3 heteroatoms. The van der Waals surface area contributed by atoms with E-state index in [9.17, 15) is 8.42 Å². The molecule has 0 fully saturated rings. The Balaban J connectivity index is 2.95. The summed E-state index contributed by atoms with van der Waals surface area (Å²) in [5.41, 5.74) is 1.14. The van der Waals surface area contributed by atoms with Crippen molar-refractivity contribution in [1.82, 2.24) is 0 Å². The van der Waals surface area contributed by atoms with E-state index in [1.54, 1.807) is 12.1 Å². The zero-order valence-electron chi connectivity index (χ0n) is 9.10. The fourth-order valence-corrected chi connectivity index (χ4v) is 2.06. The average molecular weight is 224 g/mol. The molecular formula is C12H16O2S. The number of allylic oxidation sites excluding steroid dienone is 1. The Labute approximate surface area is 91.6 Å². The van der Waals surface area contributed by atoms with Crippen LogP contribution >= 0.6 is 0 Å². The van der Waals surface area contributed by atoms with Gasteiger partial charge in [-0.1, -0.05) is 25.1 Å². The molecule has 15 heavy (non-hydrogen) atoms. The molecule has 1 aromatic carbocycles. The van der Waals surface area contributed by atoms with Crippen LogP contribution in [0.15, 0.2) is 41.8 Å². The predicted octanol–water partition coefficient (Wildman–Crippen LogP) is 2.77. The lowest BCUT2D eigenvalue weighted by Crippen LogP contribution is -1.98. The van der Waals surface area contributed by atoms with E-state index in [0.29, 0.717) is 10.8 Å². The first-order chi connectivity index (χ1) is 6.95. The predicted molar refractivity (Wildman–Crippen MR) is 62.8 cm³/mol. The van der Waals surface area contributed by atoms with Crippen molar-refractivity contribution in [2.24, 2.45) is 0 Å². The van der Waals surface area contributed by atoms with Gasteiger partial charge in [-0.15, -0.1) is 6.58 Å². The van der Waals surface area contributed by atoms with Gasteiger partial charge in [0.25, 0.3) is 0 Å². The lowest BCUT2D eigenvalue weighted by molar-refractivity contribution is 0.602. The van der Waals surface area contributed by atoms with Crippen LogP contribution in [0, 0.1) is 0 Å². The standard InChI is InChI=1S/C12H16O2S/c1-4-5-10(2)11-6-8-12(9-7-11)15(3,13)14/h4,6-10H,1,5H2,2-3H3. The minimum atomic E-state index is -3.08. The van der Waals surface area contributed by atoms with Crippen LogP contribution in [0.4, 0.5) is 0 Å². The molecule has 0 amide bonds. The van der Waals surface area contributed by atoms with Gasteiger partial charge >= 0.3 is 0 Å². The number of benzene rings is 1. The third-order valence-corrected chi connectivity index (χ3v) is 3.53. The Kier molecular flexibility index (Phi) is 3.69. The number of hydrogen-bond acceptors (Lipinski definition) is 2. The van der Waals surface area contributed by atoms with Gasteiger partial charge in [-0.3, -0.25) is 0 Å². The molecule has 0 spiro atoms. The molecule has 2 nitrogen and oxygen atoms in total. The molecule has 1 aromatic rings. The summed E-state index contributed by atoms with van der Waals surface area (Å²) in [7, 11) is -3.08. The zero-order valence-corrected chi connectivity index (χ0v) is 9.92. The molecule has 0 aliphatic carbocycles. The van der Waals surface area contributed by atoms with E-state index in [1.165, 1.54) is 6.26 Å². The van der Waals surface area contributed by atoms with Gasteiger partial charge in [0.15, 0.2) is 9.84 Å². The maximum Gasteiger partial charge on any atom is 0.175 e. The molecule has 1 atom stereocenters. The van der Waals surface area contributed by atoms with Crippen molar-refractivity contribution in [3.63, 3.8) is 0 Å². The Hall–Kier alpha value is -1.09. The van der Waals surface area contributed by atoms with Gasteiger partial charge in [-0.05, 0) is 30.0 Å². The van der Waals surface area contributed by atoms with E-state index in [1.807, 2.05) is 18.2 Å². The fraction of sp³-hybridized carbons (Fsp3) is 0.333. The first-order valence-corrected chi connectivity index (χ1v) is 6.75. The normalized spacial score (nSPS) is 13.5. The number of rotatable bonds is 4. The summed E-state index contributed by atoms with van der Waals surface area (Å²) >= 11 is 0. The maximum atomic E-state index is 11.2. The molecule has 0 saturated heterocycles. The van der Waals surface area contributed by atoms with Crippen molar-refractivity contribution in [2.45, 2.75) is 24.2 Å². The molecule has 1 rings (SSSR count). The monoisotopic (exact) mass is 224 g/mol. The third kappa shape index (κ3) is 3.20. The third-order valence-electron chi connectivity index (χ3n) is 2.40. The van der Waals surface area contributed by atoms with Crippen molar-refractivity contribution in [1.29, 1.82) is 0 Å². The quantitative estimate of drug-likeness (QED) is 0.737. The average Bonchev–Trinajstić information content (AvgIpc) is 2.17. The van der Waals surface area contributed by atoms with E-state index in [4.69, 9.17) is 0 Å². The van der Waals surface area contributed by atoms with Gasteiger partial charge in [0, 0.05) is 6.26 Å². The summed E-state index contributed by atoms with van der Waals surface area (Å²) < 4.78 is 22.4. The molecule has 0 saturated carbocycles. The van der Waals surface area contributed by atoms with E-state index in [0.717, 1.165) is 12.0 Å². The summed E-state index contributed by atoms with van der Waals surface area (Å²) in [6, 6.07) is 7.05. The van der Waals surface area contributed by atoms with Crippen LogP contribution in [-0.4, -0.2) is 14.7 Å². The largest absolute Gasteiger partial charge is 0.224 e. The van der Waals surface area contributed by atoms with Crippen LogP contribution in [0.1, 0.15) is 24.8 Å². The van der Waals surface area contributed by atoms with Crippen LogP contribution in [0.5, 0.6) is 0 Å². The summed E-state index contributed by atoms with van der Waals surface area (Å²) in [5, 5.41) is 0. The minimum absolute atomic E-state index is 0.372. The highest BCUT2D eigenvalue weighted by Gasteiger charge is 2.08. The second kappa shape index (κ2) is 4.62. The van der Waals surface area contributed by atoms with E-state index >= 15 is 0 Å². The van der Waals surface area contributed by atoms with Crippen molar-refractivity contribution < 1.29 is 8.42 Å². The molecular weight excluding hydrogens is 208 g/mol. The molecule has 0 aromatic heterocycles. The smallest absolute Gasteiger partial charge is 0.175 e. The Morgan fingerprint density at radius 1 is 1.33 bits per heavy atom. The van der Waals surface area contributed by atoms with Gasteiger partial charge in [0.1, 0.15) is 0 Å². The summed E-state index contributed by atoms with van der Waals surface area (Å²) in [6.07, 6.45) is 3.99. The Morgan fingerprint density at radius 3 is 2.27 bits per heavy atom. The maximum absolute atomic E-state index is 11.2. The molecule has 0 bridgehead atoms. The topological polar surface area (TPSA) is 34.1 Å². The molecule has 0 aliphatic heterocycles. The van der Waals surface area contributed by atoms with Gasteiger partial charge in [0.2, 0.25) is 0 Å². The van der Waals surface area contributed by atoms with E-state index < -0.39 is 9.84 Å². The molecule has 0 aliphatic rings. The Morgan fingerprint density at radius 2 is 1.87 bits per heavy atom. The van der Waals surface area contributed by atoms with Crippen LogP contribution < -0.4 is 0 Å². The fourth-order valence-electron chi connectivity index (χ4n) is 1.43. The lowest BCUT2D eigenvalue weighted by Gasteiger charge is -2.09. The van der Waals surface area contributed by atoms with Crippen molar-refractivity contribution in [2.75, 3.05) is 6.26 Å². The molecule has 0 radical (unpaired) electrons. The van der Waals surface area contributed by atoms with Gasteiger partial charge < -0.3 is 0 Å². The number of hydrogen-bond donors (Lipinski definition) is 0. The van der Waals surface area contributed by atoms with Crippen molar-refractivity contribution in [3.05, 3.63) is 42.5 Å². The molecule has 1 unspecified atom stereocenters. The summed E-state index contributed by atoms with van der Waals surface area (Å²) in [4.78, 5) is 0.372. The SMILES string of the molecule is C=CCC(C)c1ccc(S(C)(=O)=O)cc1. The van der Waals surface area contributed by atoms with Crippen LogP contribution in [-0.2, 0) is 9.84 Å². The van der Waals surface area contributed by atoms with Crippen LogP contribution in [0.3, 0.4) is 0 Å². The molecule has 0 heterocycles. The van der Waals surface area contributed by atoms with Gasteiger partial charge in [-0.2, -0.15) is 0 Å². The Bertz CT molecular complexity index is 429. The minimum Gasteiger partial charge on any atom is -0.224 e. The molecule has 0 N–H and O–H groups in total. The van der Waals surface area contributed by atoms with Crippen molar-refractivity contribution in [3.8, 4) is 0 Å².